The van der Waals surface area contributed by atoms with Crippen LogP contribution < -0.4 is 0 Å². The highest BCUT2D eigenvalue weighted by Crippen LogP contribution is 2.69. The van der Waals surface area contributed by atoms with Crippen molar-refractivity contribution in [2.45, 2.75) is 103 Å². The zero-order chi connectivity index (χ0) is 32.4. The summed E-state index contributed by atoms with van der Waals surface area (Å²) >= 11 is 0. The first-order valence-electron chi connectivity index (χ1n) is 21.9. The van der Waals surface area contributed by atoms with E-state index in [1.54, 1.807) is 38.5 Å². The Labute approximate surface area is 297 Å². The number of allylic oxidation sites excluding steroid dienone is 8. The predicted molar refractivity (Wildman–Crippen MR) is 196 cm³/mol. The second-order valence-electron chi connectivity index (χ2n) is 20.5. The Balaban J connectivity index is 0.0000000914. The van der Waals surface area contributed by atoms with Crippen molar-refractivity contribution in [2.24, 2.45) is 124 Å². The van der Waals surface area contributed by atoms with Gasteiger partial charge in [-0.3, -0.25) is 4.79 Å². The van der Waals surface area contributed by atoms with Crippen LogP contribution in [0.1, 0.15) is 103 Å². The van der Waals surface area contributed by atoms with Gasteiger partial charge in [-0.25, -0.2) is 0 Å². The van der Waals surface area contributed by atoms with E-state index in [0.29, 0.717) is 12.5 Å². The Bertz CT molecular complexity index is 1360. The van der Waals surface area contributed by atoms with E-state index in [4.69, 9.17) is 4.74 Å². The van der Waals surface area contributed by atoms with Crippen LogP contribution in [-0.4, -0.2) is 12.6 Å². The molecule has 2 nitrogen and oxygen atoms in total. The molecular formula is C47H64O2. The first-order chi connectivity index (χ1) is 24.1. The summed E-state index contributed by atoms with van der Waals surface area (Å²) in [6.45, 7) is 2.21. The standard InChI is InChI=1S/C20H30.C15H20O2.C12H14/c1-2-4-13(5-3-1)6-7-14-10-17-12-18(14)20-16-9-8-15(11-16)19(17)20;1-8(16)17-7-12-5-11-6-13(12)15-10-3-2-9(4-10)14(11)15;1-2-8-5-7(1)11-9-3-4-10(6-9)12(8)11/h8-9,13-20H,1-7,10-12H2;2-3,9-15H,4-7H2,1H3;1-4,7-12H,5-6H2. The lowest BCUT2D eigenvalue weighted by atomic mass is 9.68. The van der Waals surface area contributed by atoms with E-state index >= 15 is 0 Å². The third-order valence-electron chi connectivity index (χ3n) is 18.7. The molecule has 13 aliphatic rings. The van der Waals surface area contributed by atoms with Crippen LogP contribution in [0, 0.1) is 124 Å². The summed E-state index contributed by atoms with van der Waals surface area (Å²) in [6.07, 6.45) is 42.9. The van der Waals surface area contributed by atoms with Crippen molar-refractivity contribution in [3.05, 3.63) is 48.6 Å². The molecule has 12 bridgehead atoms. The molecule has 0 aromatic rings. The van der Waals surface area contributed by atoms with Crippen LogP contribution in [-0.2, 0) is 9.53 Å². The molecule has 49 heavy (non-hydrogen) atoms. The molecule has 9 fully saturated rings. The van der Waals surface area contributed by atoms with E-state index in [2.05, 4.69) is 48.6 Å². The highest BCUT2D eigenvalue weighted by atomic mass is 16.5. The summed E-state index contributed by atoms with van der Waals surface area (Å²) in [5.74, 6) is 20.9. The van der Waals surface area contributed by atoms with Crippen LogP contribution in [0.15, 0.2) is 48.6 Å². The summed E-state index contributed by atoms with van der Waals surface area (Å²) in [4.78, 5) is 10.9. The average Bonchev–Trinajstić information content (AvgIpc) is 3.96. The van der Waals surface area contributed by atoms with Gasteiger partial charge in [0.25, 0.3) is 0 Å². The molecule has 0 aliphatic heterocycles. The molecule has 0 N–H and O–H groups in total. The summed E-state index contributed by atoms with van der Waals surface area (Å²) in [5.41, 5.74) is 0. The van der Waals surface area contributed by atoms with Gasteiger partial charge in [0.1, 0.15) is 0 Å². The Morgan fingerprint density at radius 2 is 0.918 bits per heavy atom. The largest absolute Gasteiger partial charge is 0.466 e. The van der Waals surface area contributed by atoms with Gasteiger partial charge in [-0.2, -0.15) is 0 Å². The fourth-order valence-electron chi connectivity index (χ4n) is 17.4. The van der Waals surface area contributed by atoms with Gasteiger partial charge in [0.15, 0.2) is 0 Å². The molecule has 18 atom stereocenters. The van der Waals surface area contributed by atoms with Crippen molar-refractivity contribution in [3.8, 4) is 0 Å². The number of hydrogen-bond donors (Lipinski definition) is 0. The van der Waals surface area contributed by atoms with Gasteiger partial charge in [-0.1, -0.05) is 87.1 Å². The van der Waals surface area contributed by atoms with Gasteiger partial charge in [0.05, 0.1) is 6.61 Å². The number of esters is 1. The zero-order valence-corrected chi connectivity index (χ0v) is 30.4. The minimum absolute atomic E-state index is 0.114. The number of carbonyl (C=O) groups is 1. The molecule has 0 aromatic heterocycles. The van der Waals surface area contributed by atoms with Gasteiger partial charge >= 0.3 is 5.97 Å². The van der Waals surface area contributed by atoms with Gasteiger partial charge in [-0.05, 0) is 182 Å². The van der Waals surface area contributed by atoms with E-state index in [-0.39, 0.29) is 5.97 Å². The fourth-order valence-corrected chi connectivity index (χ4v) is 17.4. The smallest absolute Gasteiger partial charge is 0.302 e. The second-order valence-corrected chi connectivity index (χ2v) is 20.5. The Morgan fingerprint density at radius 1 is 0.490 bits per heavy atom. The Morgan fingerprint density at radius 3 is 1.41 bits per heavy atom. The maximum Gasteiger partial charge on any atom is 0.302 e. The Hall–Kier alpha value is -1.57. The maximum atomic E-state index is 10.9. The van der Waals surface area contributed by atoms with Crippen LogP contribution in [0.3, 0.4) is 0 Å². The molecular weight excluding hydrogens is 597 g/mol. The minimum atomic E-state index is -0.114. The monoisotopic (exact) mass is 660 g/mol. The third kappa shape index (κ3) is 4.92. The molecule has 2 heteroatoms. The van der Waals surface area contributed by atoms with E-state index in [0.717, 1.165) is 118 Å². The van der Waals surface area contributed by atoms with E-state index in [1.165, 1.54) is 64.7 Å². The lowest BCUT2D eigenvalue weighted by Crippen LogP contribution is -2.33. The molecule has 18 unspecified atom stereocenters. The summed E-state index contributed by atoms with van der Waals surface area (Å²) in [5, 5.41) is 0. The average molecular weight is 661 g/mol. The van der Waals surface area contributed by atoms with Crippen LogP contribution in [0.4, 0.5) is 0 Å². The normalized spacial score (nSPS) is 55.5. The van der Waals surface area contributed by atoms with Crippen LogP contribution in [0.5, 0.6) is 0 Å². The number of ether oxygens (including phenoxy) is 1. The van der Waals surface area contributed by atoms with Crippen molar-refractivity contribution in [1.82, 2.24) is 0 Å². The fraction of sp³-hybridized carbons (Fsp3) is 0.809. The number of hydrogen-bond acceptors (Lipinski definition) is 2. The van der Waals surface area contributed by atoms with Crippen LogP contribution in [0.25, 0.3) is 0 Å². The molecule has 264 valence electrons. The molecule has 13 rings (SSSR count). The summed E-state index contributed by atoms with van der Waals surface area (Å²) in [6, 6.07) is 0. The number of carbonyl (C=O) groups excluding carboxylic acids is 1. The predicted octanol–water partition coefficient (Wildman–Crippen LogP) is 10.7. The van der Waals surface area contributed by atoms with Gasteiger partial charge in [-0.15, -0.1) is 0 Å². The quantitative estimate of drug-likeness (QED) is 0.167. The minimum Gasteiger partial charge on any atom is -0.466 e. The summed E-state index contributed by atoms with van der Waals surface area (Å²) in [7, 11) is 0. The van der Waals surface area contributed by atoms with Crippen molar-refractivity contribution < 1.29 is 9.53 Å². The molecule has 0 heterocycles. The SMILES string of the molecule is C1=CC2CC1C1C3C=CC(C3)C21.C1=CC2CC1C1C3CC(CCC4CCCCC4)C(C3)C21.CC(=O)OCC1CC2CC1C1C3C=CC(C3)C21. The van der Waals surface area contributed by atoms with E-state index in [9.17, 15) is 4.79 Å². The summed E-state index contributed by atoms with van der Waals surface area (Å²) < 4.78 is 5.25. The molecule has 0 amide bonds. The van der Waals surface area contributed by atoms with Gasteiger partial charge < -0.3 is 4.74 Å². The second kappa shape index (κ2) is 12.0. The lowest BCUT2D eigenvalue weighted by Gasteiger charge is -2.37. The Kier molecular flexibility index (Phi) is 7.58. The van der Waals surface area contributed by atoms with Crippen molar-refractivity contribution >= 4 is 5.97 Å². The molecule has 9 saturated carbocycles. The van der Waals surface area contributed by atoms with Crippen LogP contribution >= 0.6 is 0 Å². The van der Waals surface area contributed by atoms with Crippen molar-refractivity contribution in [2.75, 3.05) is 6.61 Å². The molecule has 0 radical (unpaired) electrons. The molecule has 13 aliphatic carbocycles. The van der Waals surface area contributed by atoms with Crippen LogP contribution in [0.2, 0.25) is 0 Å². The molecule has 0 saturated heterocycles. The third-order valence-corrected chi connectivity index (χ3v) is 18.7. The van der Waals surface area contributed by atoms with E-state index in [1.807, 2.05) is 0 Å². The van der Waals surface area contributed by atoms with Crippen molar-refractivity contribution in [1.29, 1.82) is 0 Å². The number of rotatable bonds is 5. The van der Waals surface area contributed by atoms with Gasteiger partial charge in [0.2, 0.25) is 0 Å². The highest BCUT2D eigenvalue weighted by molar-refractivity contribution is 5.65. The highest BCUT2D eigenvalue weighted by Gasteiger charge is 2.62. The van der Waals surface area contributed by atoms with Crippen molar-refractivity contribution in [3.63, 3.8) is 0 Å². The first kappa shape index (κ1) is 31.0. The number of fused-ring (bicyclic) bond motifs is 27. The van der Waals surface area contributed by atoms with E-state index < -0.39 is 0 Å². The van der Waals surface area contributed by atoms with Gasteiger partial charge in [0, 0.05) is 6.92 Å². The lowest BCUT2D eigenvalue weighted by molar-refractivity contribution is -0.143. The topological polar surface area (TPSA) is 26.3 Å². The molecule has 0 spiro atoms. The first-order valence-corrected chi connectivity index (χ1v) is 21.9. The maximum absolute atomic E-state index is 10.9. The molecule has 0 aromatic carbocycles. The zero-order valence-electron chi connectivity index (χ0n) is 30.4.